The van der Waals surface area contributed by atoms with Gasteiger partial charge in [0.05, 0.1) is 6.61 Å². The van der Waals surface area contributed by atoms with Gasteiger partial charge in [-0.15, -0.1) is 0 Å². The van der Waals surface area contributed by atoms with Crippen LogP contribution in [0.15, 0.2) is 78.9 Å². The lowest BCUT2D eigenvalue weighted by molar-refractivity contribution is -0.116. The minimum atomic E-state index is -0.0136. The zero-order valence-electron chi connectivity index (χ0n) is 25.2. The molecule has 0 unspecified atom stereocenters. The number of anilines is 1. The zero-order chi connectivity index (χ0) is 29.5. The van der Waals surface area contributed by atoms with Crippen molar-refractivity contribution in [1.82, 2.24) is 14.7 Å². The minimum Gasteiger partial charge on any atom is -0.494 e. The third-order valence-electron chi connectivity index (χ3n) is 8.51. The van der Waals surface area contributed by atoms with E-state index in [9.17, 15) is 9.59 Å². The SMILES string of the molecule is CC(=O)N1CC[C@@H]2CC[C@H](CN(C(=O)c3cccc(OCCCN(C)C)c3)Cc3ccccc31)N2Cc1ccccc1. The van der Waals surface area contributed by atoms with Crippen LogP contribution in [0.1, 0.15) is 54.1 Å². The first kappa shape index (κ1) is 29.8. The van der Waals surface area contributed by atoms with Gasteiger partial charge in [0.15, 0.2) is 0 Å². The van der Waals surface area contributed by atoms with Gasteiger partial charge in [-0.05, 0) is 75.2 Å². The monoisotopic (exact) mass is 568 g/mol. The van der Waals surface area contributed by atoms with Crippen LogP contribution < -0.4 is 9.64 Å². The van der Waals surface area contributed by atoms with Gasteiger partial charge >= 0.3 is 0 Å². The standard InChI is InChI=1S/C35H44N4O3/c1-27(40)38-21-19-31-17-18-32(39(31)24-28-11-5-4-6-12-28)26-37(25-30-13-7-8-16-34(30)38)35(41)29-14-9-15-33(23-29)42-22-10-20-36(2)3/h4-9,11-16,23,31-32H,10,17-22,24-26H2,1-3H3/t31-,32+/m0/s1. The van der Waals surface area contributed by atoms with Crippen molar-refractivity contribution in [2.24, 2.45) is 0 Å². The topological polar surface area (TPSA) is 56.3 Å². The lowest BCUT2D eigenvalue weighted by Gasteiger charge is -2.34. The first-order valence-electron chi connectivity index (χ1n) is 15.2. The Kier molecular flexibility index (Phi) is 9.93. The third-order valence-corrected chi connectivity index (χ3v) is 8.51. The van der Waals surface area contributed by atoms with E-state index in [1.165, 1.54) is 5.56 Å². The Labute approximate surface area is 250 Å². The first-order chi connectivity index (χ1) is 20.4. The smallest absolute Gasteiger partial charge is 0.254 e. The number of rotatable bonds is 8. The molecular formula is C35H44N4O3. The normalized spacial score (nSPS) is 19.3. The Balaban J connectivity index is 1.45. The number of ether oxygens (including phenoxy) is 1. The first-order valence-corrected chi connectivity index (χ1v) is 15.2. The molecule has 0 saturated carbocycles. The second kappa shape index (κ2) is 14.0. The van der Waals surface area contributed by atoms with E-state index < -0.39 is 0 Å². The van der Waals surface area contributed by atoms with E-state index in [2.05, 4.69) is 48.2 Å². The maximum atomic E-state index is 14.3. The quantitative estimate of drug-likeness (QED) is 0.339. The second-order valence-electron chi connectivity index (χ2n) is 11.8. The summed E-state index contributed by atoms with van der Waals surface area (Å²) in [5.41, 5.74) is 3.78. The number of nitrogens with zero attached hydrogens (tertiary/aromatic N) is 4. The average Bonchev–Trinajstić information content (AvgIpc) is 3.35. The molecule has 1 fully saturated rings. The molecular weight excluding hydrogens is 524 g/mol. The van der Waals surface area contributed by atoms with Crippen molar-refractivity contribution in [2.45, 2.75) is 57.8 Å². The molecule has 2 atom stereocenters. The van der Waals surface area contributed by atoms with Gasteiger partial charge in [0.25, 0.3) is 5.91 Å². The van der Waals surface area contributed by atoms with Crippen LogP contribution in [0.2, 0.25) is 0 Å². The van der Waals surface area contributed by atoms with Crippen molar-refractivity contribution in [3.63, 3.8) is 0 Å². The van der Waals surface area contributed by atoms with E-state index >= 15 is 0 Å². The van der Waals surface area contributed by atoms with Crippen LogP contribution in [0, 0.1) is 0 Å². The number of carbonyl (C=O) groups is 2. The van der Waals surface area contributed by atoms with Gasteiger partial charge in [-0.25, -0.2) is 0 Å². The van der Waals surface area contributed by atoms with Gasteiger partial charge in [0.1, 0.15) is 5.75 Å². The molecule has 0 N–H and O–H groups in total. The molecule has 0 radical (unpaired) electrons. The van der Waals surface area contributed by atoms with Gasteiger partial charge < -0.3 is 19.4 Å². The molecule has 0 spiro atoms. The van der Waals surface area contributed by atoms with Gasteiger partial charge in [-0.3, -0.25) is 14.5 Å². The van der Waals surface area contributed by atoms with Crippen LogP contribution in [0.3, 0.4) is 0 Å². The Morgan fingerprint density at radius 1 is 0.905 bits per heavy atom. The number of benzene rings is 3. The third kappa shape index (κ3) is 7.39. The number of para-hydroxylation sites is 1. The average molecular weight is 569 g/mol. The summed E-state index contributed by atoms with van der Waals surface area (Å²) in [6, 6.07) is 26.8. The molecule has 2 bridgehead atoms. The molecule has 42 heavy (non-hydrogen) atoms. The molecule has 1 saturated heterocycles. The maximum absolute atomic E-state index is 14.3. The summed E-state index contributed by atoms with van der Waals surface area (Å²) in [7, 11) is 4.10. The Bertz CT molecular complexity index is 1340. The molecule has 5 rings (SSSR count). The van der Waals surface area contributed by atoms with E-state index in [1.54, 1.807) is 6.92 Å². The van der Waals surface area contributed by atoms with Crippen LogP contribution in [0.5, 0.6) is 5.75 Å². The summed E-state index contributed by atoms with van der Waals surface area (Å²) in [6.45, 7) is 5.76. The molecule has 0 aliphatic carbocycles. The summed E-state index contributed by atoms with van der Waals surface area (Å²) >= 11 is 0. The summed E-state index contributed by atoms with van der Waals surface area (Å²) < 4.78 is 6.01. The summed E-state index contributed by atoms with van der Waals surface area (Å²) in [5.74, 6) is 0.732. The van der Waals surface area contributed by atoms with Crippen LogP contribution in [-0.4, -0.2) is 78.9 Å². The van der Waals surface area contributed by atoms with Crippen molar-refractivity contribution in [3.8, 4) is 5.75 Å². The highest BCUT2D eigenvalue weighted by Gasteiger charge is 2.37. The Morgan fingerprint density at radius 3 is 2.45 bits per heavy atom. The minimum absolute atomic E-state index is 0.0136. The number of amides is 2. The lowest BCUT2D eigenvalue weighted by atomic mass is 10.1. The largest absolute Gasteiger partial charge is 0.494 e. The molecule has 2 aliphatic rings. The number of hydrogen-bond donors (Lipinski definition) is 0. The lowest BCUT2D eigenvalue weighted by Crippen LogP contribution is -2.45. The van der Waals surface area contributed by atoms with Crippen molar-refractivity contribution >= 4 is 17.5 Å². The predicted molar refractivity (Wildman–Crippen MR) is 168 cm³/mol. The summed E-state index contributed by atoms with van der Waals surface area (Å²) in [4.78, 5) is 35.8. The molecule has 2 aliphatic heterocycles. The van der Waals surface area contributed by atoms with Crippen molar-refractivity contribution < 1.29 is 14.3 Å². The van der Waals surface area contributed by atoms with Crippen molar-refractivity contribution in [1.29, 1.82) is 0 Å². The van der Waals surface area contributed by atoms with E-state index in [0.717, 1.165) is 50.0 Å². The van der Waals surface area contributed by atoms with E-state index in [4.69, 9.17) is 4.74 Å². The van der Waals surface area contributed by atoms with Gasteiger partial charge in [0, 0.05) is 63.0 Å². The molecule has 7 nitrogen and oxygen atoms in total. The fraction of sp³-hybridized carbons (Fsp3) is 0.429. The van der Waals surface area contributed by atoms with Crippen LogP contribution >= 0.6 is 0 Å². The fourth-order valence-electron chi connectivity index (χ4n) is 6.36. The molecule has 2 amide bonds. The van der Waals surface area contributed by atoms with Crippen molar-refractivity contribution in [3.05, 3.63) is 95.6 Å². The highest BCUT2D eigenvalue weighted by atomic mass is 16.5. The van der Waals surface area contributed by atoms with Gasteiger partial charge in [-0.2, -0.15) is 0 Å². The summed E-state index contributed by atoms with van der Waals surface area (Å²) in [6.07, 6.45) is 3.90. The predicted octanol–water partition coefficient (Wildman–Crippen LogP) is 5.45. The Morgan fingerprint density at radius 2 is 1.67 bits per heavy atom. The number of hydrogen-bond acceptors (Lipinski definition) is 5. The number of fused-ring (bicyclic) bond motifs is 3. The summed E-state index contributed by atoms with van der Waals surface area (Å²) in [5, 5.41) is 0. The van der Waals surface area contributed by atoms with Gasteiger partial charge in [0.2, 0.25) is 5.91 Å². The van der Waals surface area contributed by atoms with Crippen molar-refractivity contribution in [2.75, 3.05) is 45.2 Å². The zero-order valence-corrected chi connectivity index (χ0v) is 25.2. The molecule has 222 valence electrons. The fourth-order valence-corrected chi connectivity index (χ4v) is 6.36. The molecule has 3 aromatic rings. The van der Waals surface area contributed by atoms with Gasteiger partial charge in [-0.1, -0.05) is 54.6 Å². The highest BCUT2D eigenvalue weighted by molar-refractivity contribution is 5.95. The van der Waals surface area contributed by atoms with Crippen LogP contribution in [0.25, 0.3) is 0 Å². The molecule has 7 heteroatoms. The molecule has 3 aromatic carbocycles. The molecule has 0 aromatic heterocycles. The highest BCUT2D eigenvalue weighted by Crippen LogP contribution is 2.33. The van der Waals surface area contributed by atoms with E-state index in [0.29, 0.717) is 43.6 Å². The van der Waals surface area contributed by atoms with Crippen LogP contribution in [0.4, 0.5) is 5.69 Å². The molecule has 2 heterocycles. The maximum Gasteiger partial charge on any atom is 0.254 e. The second-order valence-corrected chi connectivity index (χ2v) is 11.8. The number of carbonyl (C=O) groups excluding carboxylic acids is 2. The van der Waals surface area contributed by atoms with Crippen LogP contribution in [-0.2, 0) is 17.9 Å². The van der Waals surface area contributed by atoms with E-state index in [-0.39, 0.29) is 17.9 Å². The van der Waals surface area contributed by atoms with E-state index in [1.807, 2.05) is 64.4 Å². The Hall–Kier alpha value is -3.68.